The van der Waals surface area contributed by atoms with Gasteiger partial charge in [-0.25, -0.2) is 4.79 Å². The zero-order valence-corrected chi connectivity index (χ0v) is 17.7. The zero-order valence-electron chi connectivity index (χ0n) is 17.7. The Morgan fingerprint density at radius 1 is 1.10 bits per heavy atom. The molecule has 29 heavy (non-hydrogen) atoms. The number of para-hydroxylation sites is 1. The maximum Gasteiger partial charge on any atom is 0.326 e. The number of hydrogen-bond donors (Lipinski definition) is 1. The fraction of sp³-hybridized carbons (Fsp3) is 0.400. The predicted octanol–water partition coefficient (Wildman–Crippen LogP) is 5.35. The molecular formula is C25H31N3O. The molecule has 0 saturated carbocycles. The van der Waals surface area contributed by atoms with E-state index >= 15 is 0 Å². The van der Waals surface area contributed by atoms with Crippen molar-refractivity contribution in [1.29, 1.82) is 0 Å². The van der Waals surface area contributed by atoms with Crippen LogP contribution in [0, 0.1) is 6.92 Å². The first-order chi connectivity index (χ1) is 14.0. The van der Waals surface area contributed by atoms with Gasteiger partial charge in [0.25, 0.3) is 0 Å². The Morgan fingerprint density at radius 2 is 1.83 bits per heavy atom. The highest BCUT2D eigenvalue weighted by atomic mass is 16.2. The largest absolute Gasteiger partial charge is 0.326 e. The molecule has 0 bridgehead atoms. The number of rotatable bonds is 3. The number of hydrogen-bond acceptors (Lipinski definition) is 2. The number of amides is 2. The van der Waals surface area contributed by atoms with Crippen LogP contribution in [0.5, 0.6) is 0 Å². The van der Waals surface area contributed by atoms with E-state index in [1.807, 2.05) is 35.2 Å². The second-order valence-electron chi connectivity index (χ2n) is 8.77. The second-order valence-corrected chi connectivity index (χ2v) is 8.77. The van der Waals surface area contributed by atoms with E-state index in [-0.39, 0.29) is 11.4 Å². The highest BCUT2D eigenvalue weighted by Crippen LogP contribution is 2.47. The van der Waals surface area contributed by atoms with Crippen LogP contribution in [-0.4, -0.2) is 37.1 Å². The monoisotopic (exact) mass is 389 g/mol. The van der Waals surface area contributed by atoms with Crippen LogP contribution < -0.4 is 10.2 Å². The van der Waals surface area contributed by atoms with Gasteiger partial charge in [0, 0.05) is 29.9 Å². The average molecular weight is 390 g/mol. The van der Waals surface area contributed by atoms with Gasteiger partial charge in [0.15, 0.2) is 0 Å². The minimum Gasteiger partial charge on any atom is -0.308 e. The lowest BCUT2D eigenvalue weighted by atomic mass is 9.74. The van der Waals surface area contributed by atoms with Crippen molar-refractivity contribution in [2.45, 2.75) is 39.0 Å². The molecule has 2 amide bonds. The number of carbonyl (C=O) groups is 1. The third kappa shape index (κ3) is 4.08. The number of carbonyl (C=O) groups excluding carboxylic acids is 1. The fourth-order valence-corrected chi connectivity index (χ4v) is 4.58. The molecule has 2 aromatic rings. The van der Waals surface area contributed by atoms with E-state index in [0.717, 1.165) is 50.4 Å². The number of nitrogens with zero attached hydrogens (tertiary/aromatic N) is 2. The summed E-state index contributed by atoms with van der Waals surface area (Å²) in [6, 6.07) is 16.2. The summed E-state index contributed by atoms with van der Waals surface area (Å²) in [7, 11) is 0. The summed E-state index contributed by atoms with van der Waals surface area (Å²) in [6.45, 7) is 10.4. The third-order valence-corrected chi connectivity index (χ3v) is 6.32. The van der Waals surface area contributed by atoms with Gasteiger partial charge in [-0.1, -0.05) is 47.5 Å². The molecule has 4 nitrogen and oxygen atoms in total. The maximum absolute atomic E-state index is 13.1. The Bertz CT molecular complexity index is 907. The van der Waals surface area contributed by atoms with Gasteiger partial charge >= 0.3 is 6.03 Å². The van der Waals surface area contributed by atoms with Crippen LogP contribution in [0.3, 0.4) is 0 Å². The molecular weight excluding hydrogens is 358 g/mol. The van der Waals surface area contributed by atoms with E-state index in [0.29, 0.717) is 0 Å². The number of piperidine rings is 1. The number of likely N-dealkylation sites (tertiary alicyclic amines) is 1. The van der Waals surface area contributed by atoms with Crippen molar-refractivity contribution in [3.63, 3.8) is 0 Å². The summed E-state index contributed by atoms with van der Waals surface area (Å²) in [5.41, 5.74) is 5.96. The number of urea groups is 1. The van der Waals surface area contributed by atoms with Crippen LogP contribution in [0.1, 0.15) is 37.8 Å². The lowest BCUT2D eigenvalue weighted by Crippen LogP contribution is -2.46. The van der Waals surface area contributed by atoms with Crippen LogP contribution in [-0.2, 0) is 5.41 Å². The van der Waals surface area contributed by atoms with Gasteiger partial charge in [0.05, 0.1) is 0 Å². The number of aryl methyl sites for hydroxylation is 1. The fourth-order valence-electron chi connectivity index (χ4n) is 4.58. The number of nitrogens with one attached hydrogen (secondary N) is 1. The van der Waals surface area contributed by atoms with Gasteiger partial charge in [-0.3, -0.25) is 9.80 Å². The van der Waals surface area contributed by atoms with Crippen LogP contribution in [0.15, 0.2) is 60.2 Å². The van der Waals surface area contributed by atoms with E-state index in [1.165, 1.54) is 16.7 Å². The van der Waals surface area contributed by atoms with Crippen molar-refractivity contribution in [1.82, 2.24) is 4.90 Å². The van der Waals surface area contributed by atoms with E-state index in [1.54, 1.807) is 0 Å². The molecule has 2 heterocycles. The minimum atomic E-state index is -0.0369. The Kier molecular flexibility index (Phi) is 5.46. The molecule has 1 fully saturated rings. The van der Waals surface area contributed by atoms with Gasteiger partial charge in [-0.05, 0) is 70.5 Å². The van der Waals surface area contributed by atoms with Crippen LogP contribution in [0.25, 0.3) is 0 Å². The molecule has 2 aliphatic heterocycles. The summed E-state index contributed by atoms with van der Waals surface area (Å²) in [5.74, 6) is 0. The topological polar surface area (TPSA) is 35.6 Å². The lowest BCUT2D eigenvalue weighted by Gasteiger charge is -2.39. The first-order valence-corrected chi connectivity index (χ1v) is 10.6. The number of anilines is 2. The molecule has 0 atom stereocenters. The molecule has 1 N–H and O–H groups in total. The first kappa shape index (κ1) is 19.7. The quantitative estimate of drug-likeness (QED) is 0.719. The van der Waals surface area contributed by atoms with E-state index in [4.69, 9.17) is 0 Å². The molecule has 1 spiro atoms. The van der Waals surface area contributed by atoms with Crippen molar-refractivity contribution in [2.24, 2.45) is 0 Å². The molecule has 0 aliphatic carbocycles. The minimum absolute atomic E-state index is 0.0369. The van der Waals surface area contributed by atoms with E-state index < -0.39 is 0 Å². The van der Waals surface area contributed by atoms with Gasteiger partial charge in [0.1, 0.15) is 0 Å². The van der Waals surface area contributed by atoms with Crippen LogP contribution in [0.4, 0.5) is 16.2 Å². The molecule has 0 unspecified atom stereocenters. The average Bonchev–Trinajstić information content (AvgIpc) is 3.02. The standard InChI is InChI=1S/C25H31N3O/c1-19(2)11-14-27-15-12-25(13-16-27)18-28(23-10-9-20(3)17-22(23)25)24(29)26-21-7-5-4-6-8-21/h4-11,17H,12-16,18H2,1-3H3,(H,26,29). The van der Waals surface area contributed by atoms with Crippen molar-refractivity contribution in [3.8, 4) is 0 Å². The van der Waals surface area contributed by atoms with Gasteiger partial charge < -0.3 is 5.32 Å². The molecule has 2 aliphatic rings. The highest BCUT2D eigenvalue weighted by molar-refractivity contribution is 6.03. The predicted molar refractivity (Wildman–Crippen MR) is 121 cm³/mol. The summed E-state index contributed by atoms with van der Waals surface area (Å²) < 4.78 is 0. The zero-order chi connectivity index (χ0) is 20.4. The first-order valence-electron chi connectivity index (χ1n) is 10.6. The van der Waals surface area contributed by atoms with Crippen molar-refractivity contribution in [2.75, 3.05) is 36.4 Å². The normalized spacial score (nSPS) is 17.8. The molecule has 0 aromatic heterocycles. The molecule has 0 radical (unpaired) electrons. The molecule has 4 heteroatoms. The summed E-state index contributed by atoms with van der Waals surface area (Å²) in [5, 5.41) is 3.07. The van der Waals surface area contributed by atoms with Crippen molar-refractivity contribution < 1.29 is 4.79 Å². The number of fused-ring (bicyclic) bond motifs is 2. The highest BCUT2D eigenvalue weighted by Gasteiger charge is 2.46. The van der Waals surface area contributed by atoms with E-state index in [2.05, 4.69) is 55.3 Å². The third-order valence-electron chi connectivity index (χ3n) is 6.32. The molecule has 4 rings (SSSR count). The van der Waals surface area contributed by atoms with Crippen molar-refractivity contribution >= 4 is 17.4 Å². The Hall–Kier alpha value is -2.59. The smallest absolute Gasteiger partial charge is 0.308 e. The summed E-state index contributed by atoms with van der Waals surface area (Å²) in [4.78, 5) is 17.6. The number of benzene rings is 2. The number of allylic oxidation sites excluding steroid dienone is 1. The second kappa shape index (κ2) is 8.03. The Morgan fingerprint density at radius 3 is 2.52 bits per heavy atom. The van der Waals surface area contributed by atoms with Crippen molar-refractivity contribution in [3.05, 3.63) is 71.3 Å². The van der Waals surface area contributed by atoms with Gasteiger partial charge in [-0.2, -0.15) is 0 Å². The SMILES string of the molecule is CC(C)=CCN1CCC2(CC1)CN(C(=O)Nc1ccccc1)c1ccc(C)cc12. The Labute approximate surface area is 174 Å². The maximum atomic E-state index is 13.1. The van der Waals surface area contributed by atoms with E-state index in [9.17, 15) is 4.79 Å². The lowest BCUT2D eigenvalue weighted by molar-refractivity contribution is 0.180. The Balaban J connectivity index is 1.56. The summed E-state index contributed by atoms with van der Waals surface area (Å²) in [6.07, 6.45) is 4.49. The molecule has 152 valence electrons. The van der Waals surface area contributed by atoms with Crippen LogP contribution >= 0.6 is 0 Å². The van der Waals surface area contributed by atoms with Gasteiger partial charge in [-0.15, -0.1) is 0 Å². The van der Waals surface area contributed by atoms with Crippen LogP contribution in [0.2, 0.25) is 0 Å². The molecule has 1 saturated heterocycles. The molecule has 2 aromatic carbocycles. The summed E-state index contributed by atoms with van der Waals surface area (Å²) >= 11 is 0. The van der Waals surface area contributed by atoms with Gasteiger partial charge in [0.2, 0.25) is 0 Å².